The Morgan fingerprint density at radius 3 is 2.60 bits per heavy atom. The largest absolute Gasteiger partial charge is 0.310 e. The van der Waals surface area contributed by atoms with Crippen LogP contribution in [-0.4, -0.2) is 6.54 Å². The van der Waals surface area contributed by atoms with Gasteiger partial charge in [-0.15, -0.1) is 11.3 Å². The smallest absolute Gasteiger partial charge is 0.0421 e. The summed E-state index contributed by atoms with van der Waals surface area (Å²) in [6, 6.07) is 18.1. The molecule has 0 bridgehead atoms. The zero-order chi connectivity index (χ0) is 13.9. The number of thiophene rings is 1. The molecule has 1 aromatic heterocycles. The summed E-state index contributed by atoms with van der Waals surface area (Å²) in [7, 11) is 0. The molecule has 20 heavy (non-hydrogen) atoms. The van der Waals surface area contributed by atoms with Gasteiger partial charge in [0.2, 0.25) is 0 Å². The molecule has 3 rings (SSSR count). The monoisotopic (exact) mass is 281 g/mol. The third-order valence-corrected chi connectivity index (χ3v) is 4.67. The van der Waals surface area contributed by atoms with E-state index in [4.69, 9.17) is 0 Å². The molecule has 0 fully saturated rings. The van der Waals surface area contributed by atoms with Gasteiger partial charge in [-0.25, -0.2) is 0 Å². The number of nitrogens with one attached hydrogen (secondary N) is 1. The summed E-state index contributed by atoms with van der Waals surface area (Å²) < 4.78 is 1.37. The molecule has 1 unspecified atom stereocenters. The minimum absolute atomic E-state index is 0.409. The minimum Gasteiger partial charge on any atom is -0.310 e. The number of hydrogen-bond acceptors (Lipinski definition) is 2. The predicted octanol–water partition coefficient (Wildman–Crippen LogP) is 5.24. The van der Waals surface area contributed by atoms with E-state index < -0.39 is 0 Å². The Hall–Kier alpha value is -1.64. The van der Waals surface area contributed by atoms with Crippen LogP contribution in [0.15, 0.2) is 53.9 Å². The van der Waals surface area contributed by atoms with E-state index in [9.17, 15) is 0 Å². The van der Waals surface area contributed by atoms with Gasteiger partial charge in [0.05, 0.1) is 0 Å². The van der Waals surface area contributed by atoms with E-state index in [0.717, 1.165) is 6.54 Å². The van der Waals surface area contributed by atoms with Crippen LogP contribution in [0.4, 0.5) is 0 Å². The van der Waals surface area contributed by atoms with Gasteiger partial charge in [-0.2, -0.15) is 0 Å². The van der Waals surface area contributed by atoms with Crippen molar-refractivity contribution in [2.24, 2.45) is 0 Å². The molecule has 0 aliphatic heterocycles. The van der Waals surface area contributed by atoms with E-state index >= 15 is 0 Å². The average Bonchev–Trinajstić information content (AvgIpc) is 2.96. The molecule has 0 aliphatic rings. The molecule has 1 nitrogen and oxygen atoms in total. The number of rotatable bonds is 4. The molecule has 0 saturated carbocycles. The Bertz CT molecular complexity index is 697. The lowest BCUT2D eigenvalue weighted by atomic mass is 10.0. The first-order chi connectivity index (χ1) is 9.79. The summed E-state index contributed by atoms with van der Waals surface area (Å²) in [5, 5.41) is 6.94. The summed E-state index contributed by atoms with van der Waals surface area (Å²) in [6.45, 7) is 5.35. The Labute approximate surface area is 124 Å². The van der Waals surface area contributed by atoms with Gasteiger partial charge in [-0.3, -0.25) is 0 Å². The maximum atomic E-state index is 3.45. The van der Waals surface area contributed by atoms with Crippen molar-refractivity contribution in [2.45, 2.75) is 19.9 Å². The van der Waals surface area contributed by atoms with Gasteiger partial charge in [-0.1, -0.05) is 49.4 Å². The Morgan fingerprint density at radius 2 is 1.85 bits per heavy atom. The van der Waals surface area contributed by atoms with E-state index in [2.05, 4.69) is 73.1 Å². The van der Waals surface area contributed by atoms with Crippen LogP contribution >= 0.6 is 11.3 Å². The normalized spacial score (nSPS) is 12.7. The van der Waals surface area contributed by atoms with Crippen LogP contribution in [0.25, 0.3) is 21.2 Å². The lowest BCUT2D eigenvalue weighted by Crippen LogP contribution is -2.17. The van der Waals surface area contributed by atoms with Crippen LogP contribution in [0.2, 0.25) is 0 Å². The number of hydrogen-bond donors (Lipinski definition) is 1. The maximum Gasteiger partial charge on any atom is 0.0421 e. The number of benzene rings is 2. The van der Waals surface area contributed by atoms with Crippen molar-refractivity contribution in [3.8, 4) is 11.1 Å². The van der Waals surface area contributed by atoms with Gasteiger partial charge in [0.15, 0.2) is 0 Å². The highest BCUT2D eigenvalue weighted by atomic mass is 32.1. The zero-order valence-electron chi connectivity index (χ0n) is 11.9. The van der Waals surface area contributed by atoms with E-state index in [1.54, 1.807) is 0 Å². The van der Waals surface area contributed by atoms with Crippen molar-refractivity contribution in [1.29, 1.82) is 0 Å². The highest BCUT2D eigenvalue weighted by molar-refractivity contribution is 7.17. The first-order valence-corrected chi connectivity index (χ1v) is 7.97. The molecule has 0 amide bonds. The van der Waals surface area contributed by atoms with Gasteiger partial charge < -0.3 is 5.32 Å². The highest BCUT2D eigenvalue weighted by Gasteiger charge is 2.07. The summed E-state index contributed by atoms with van der Waals surface area (Å²) in [4.78, 5) is 0. The molecular formula is C18H19NS. The lowest BCUT2D eigenvalue weighted by molar-refractivity contribution is 0.598. The van der Waals surface area contributed by atoms with Crippen LogP contribution in [0, 0.1) is 0 Å². The zero-order valence-corrected chi connectivity index (χ0v) is 12.7. The molecule has 0 aliphatic carbocycles. The van der Waals surface area contributed by atoms with Crippen LogP contribution in [-0.2, 0) is 0 Å². The molecule has 2 heteroatoms. The van der Waals surface area contributed by atoms with Crippen molar-refractivity contribution in [3.05, 3.63) is 59.5 Å². The fraction of sp³-hybridized carbons (Fsp3) is 0.222. The minimum atomic E-state index is 0.409. The Balaban J connectivity index is 1.97. The van der Waals surface area contributed by atoms with Crippen LogP contribution in [0.1, 0.15) is 25.5 Å². The molecular weight excluding hydrogens is 262 g/mol. The second-order valence-electron chi connectivity index (χ2n) is 5.05. The maximum absolute atomic E-state index is 3.45. The molecule has 1 N–H and O–H groups in total. The second-order valence-corrected chi connectivity index (χ2v) is 5.96. The van der Waals surface area contributed by atoms with Crippen molar-refractivity contribution < 1.29 is 0 Å². The van der Waals surface area contributed by atoms with E-state index in [1.807, 2.05) is 11.3 Å². The molecule has 3 aromatic rings. The fourth-order valence-electron chi connectivity index (χ4n) is 2.60. The summed E-state index contributed by atoms with van der Waals surface area (Å²) in [5.41, 5.74) is 3.97. The topological polar surface area (TPSA) is 12.0 Å². The van der Waals surface area contributed by atoms with Crippen molar-refractivity contribution in [1.82, 2.24) is 5.32 Å². The van der Waals surface area contributed by atoms with E-state index in [1.165, 1.54) is 26.8 Å². The standard InChI is InChI=1S/C18H19NS/c1-3-19-13(2)14-7-9-15(10-8-14)17-6-4-5-16-11-12-20-18(16)17/h4-13,19H,3H2,1-2H3. The predicted molar refractivity (Wildman–Crippen MR) is 89.4 cm³/mol. The SMILES string of the molecule is CCNC(C)c1ccc(-c2cccc3ccsc23)cc1. The molecule has 0 spiro atoms. The first kappa shape index (κ1) is 13.3. The van der Waals surface area contributed by atoms with Crippen LogP contribution in [0.5, 0.6) is 0 Å². The lowest BCUT2D eigenvalue weighted by Gasteiger charge is -2.13. The summed E-state index contributed by atoms with van der Waals surface area (Å²) in [5.74, 6) is 0. The van der Waals surface area contributed by atoms with Crippen molar-refractivity contribution in [3.63, 3.8) is 0 Å². The third-order valence-electron chi connectivity index (χ3n) is 3.71. The van der Waals surface area contributed by atoms with Crippen LogP contribution in [0.3, 0.4) is 0 Å². The summed E-state index contributed by atoms with van der Waals surface area (Å²) >= 11 is 1.82. The third kappa shape index (κ3) is 2.49. The van der Waals surface area contributed by atoms with E-state index in [-0.39, 0.29) is 0 Å². The Morgan fingerprint density at radius 1 is 1.05 bits per heavy atom. The van der Waals surface area contributed by atoms with Gasteiger partial charge in [-0.05, 0) is 47.0 Å². The molecule has 0 saturated heterocycles. The first-order valence-electron chi connectivity index (χ1n) is 7.09. The van der Waals surface area contributed by atoms with Crippen molar-refractivity contribution >= 4 is 21.4 Å². The van der Waals surface area contributed by atoms with E-state index in [0.29, 0.717) is 6.04 Å². The quantitative estimate of drug-likeness (QED) is 0.689. The fourth-order valence-corrected chi connectivity index (χ4v) is 3.53. The van der Waals surface area contributed by atoms with Gasteiger partial charge in [0.25, 0.3) is 0 Å². The molecule has 0 radical (unpaired) electrons. The molecule has 1 atom stereocenters. The van der Waals surface area contributed by atoms with Crippen molar-refractivity contribution in [2.75, 3.05) is 6.54 Å². The van der Waals surface area contributed by atoms with Gasteiger partial charge in [0, 0.05) is 10.7 Å². The van der Waals surface area contributed by atoms with Gasteiger partial charge in [0.1, 0.15) is 0 Å². The average molecular weight is 281 g/mol. The summed E-state index contributed by atoms with van der Waals surface area (Å²) in [6.07, 6.45) is 0. The Kier molecular flexibility index (Phi) is 3.86. The molecule has 1 heterocycles. The van der Waals surface area contributed by atoms with Crippen LogP contribution < -0.4 is 5.32 Å². The number of fused-ring (bicyclic) bond motifs is 1. The molecule has 2 aromatic carbocycles. The van der Waals surface area contributed by atoms with Gasteiger partial charge >= 0.3 is 0 Å². The second kappa shape index (κ2) is 5.78. The molecule has 102 valence electrons. The highest BCUT2D eigenvalue weighted by Crippen LogP contribution is 2.32.